The van der Waals surface area contributed by atoms with Crippen LogP contribution >= 0.6 is 0 Å². The number of aliphatic hydroxyl groups excluding tert-OH is 1. The number of carbonyl (C=O) groups excluding carboxylic acids is 5. The predicted octanol–water partition coefficient (Wildman–Crippen LogP) is 3.19. The molecule has 0 bridgehead atoms. The van der Waals surface area contributed by atoms with Crippen molar-refractivity contribution in [2.24, 2.45) is 23.7 Å². The van der Waals surface area contributed by atoms with E-state index >= 15 is 0 Å². The molecule has 1 unspecified atom stereocenters. The average molecular weight is 794 g/mol. The quantitative estimate of drug-likeness (QED) is 0.114. The number of hydrogen-bond donors (Lipinski definition) is 6. The van der Waals surface area contributed by atoms with Crippen molar-refractivity contribution in [1.82, 2.24) is 26.6 Å². The molecule has 1 aromatic carbocycles. The molecule has 0 aromatic heterocycles. The summed E-state index contributed by atoms with van der Waals surface area (Å²) in [5, 5.41) is 25.4. The van der Waals surface area contributed by atoms with Gasteiger partial charge >= 0.3 is 6.09 Å². The number of benzene rings is 1. The molecular formula is C40H67N5O9S. The monoisotopic (exact) mass is 793 g/mol. The molecule has 0 spiro atoms. The maximum Gasteiger partial charge on any atom is 0.408 e. The number of amides is 5. The van der Waals surface area contributed by atoms with Crippen molar-refractivity contribution in [2.75, 3.05) is 12.0 Å². The average Bonchev–Trinajstić information content (AvgIpc) is 3.45. The third-order valence-corrected chi connectivity index (χ3v) is 10.3. The fourth-order valence-electron chi connectivity index (χ4n) is 6.55. The summed E-state index contributed by atoms with van der Waals surface area (Å²) >= 11 is 0. The molecule has 15 heteroatoms. The molecule has 1 aliphatic rings. The van der Waals surface area contributed by atoms with Crippen molar-refractivity contribution < 1.29 is 42.2 Å². The first-order valence-electron chi connectivity index (χ1n) is 19.5. The van der Waals surface area contributed by atoms with E-state index < -0.39 is 87.1 Å². The highest BCUT2D eigenvalue weighted by atomic mass is 32.2. The Morgan fingerprint density at radius 1 is 0.764 bits per heavy atom. The van der Waals surface area contributed by atoms with Crippen LogP contribution in [-0.2, 0) is 46.6 Å². The first-order chi connectivity index (χ1) is 25.3. The second-order valence-electron chi connectivity index (χ2n) is 17.4. The van der Waals surface area contributed by atoms with Gasteiger partial charge in [-0.2, -0.15) is 0 Å². The molecule has 5 amide bonds. The highest BCUT2D eigenvalue weighted by Gasteiger charge is 2.34. The van der Waals surface area contributed by atoms with Crippen molar-refractivity contribution in [2.45, 2.75) is 150 Å². The number of nitrogens with one attached hydrogen (secondary N) is 5. The molecular weight excluding hydrogens is 727 g/mol. The Kier molecular flexibility index (Phi) is 18.1. The molecule has 0 aliphatic heterocycles. The maximum atomic E-state index is 13.8. The van der Waals surface area contributed by atoms with Crippen LogP contribution in [0, 0.1) is 23.7 Å². The van der Waals surface area contributed by atoms with Crippen molar-refractivity contribution in [3.05, 3.63) is 35.4 Å². The van der Waals surface area contributed by atoms with Gasteiger partial charge in [0.1, 0.15) is 33.6 Å². The van der Waals surface area contributed by atoms with Crippen LogP contribution in [0.5, 0.6) is 0 Å². The Morgan fingerprint density at radius 2 is 1.31 bits per heavy atom. The topological polar surface area (TPSA) is 209 Å². The smallest absolute Gasteiger partial charge is 0.408 e. The summed E-state index contributed by atoms with van der Waals surface area (Å²) in [6, 6.07) is 3.92. The molecule has 6 N–H and O–H groups in total. The minimum absolute atomic E-state index is 0.00247. The van der Waals surface area contributed by atoms with Gasteiger partial charge in [0.05, 0.1) is 17.9 Å². The Hall–Kier alpha value is -3.72. The molecule has 0 saturated carbocycles. The lowest BCUT2D eigenvalue weighted by Gasteiger charge is -2.31. The van der Waals surface area contributed by atoms with Crippen LogP contribution in [0.4, 0.5) is 4.79 Å². The van der Waals surface area contributed by atoms with Gasteiger partial charge in [-0.15, -0.1) is 0 Å². The molecule has 1 aliphatic carbocycles. The second-order valence-corrected chi connectivity index (χ2v) is 19.6. The molecule has 55 heavy (non-hydrogen) atoms. The maximum absolute atomic E-state index is 13.8. The standard InChI is InChI=1S/C40H67N5O9S/c1-23(2)18-31(43-36(48)30(16-17-55(11,52)53)42-38(50)34(25(5)6)45-39(51)54-40(8,9)10)33(46)20-26(7)35(47)44-32(19-24(3)4)37(49)41-29-21-27-14-12-13-15-28(27)22-29/h12-15,23-26,29-34,46H,16-22H2,1-11H3,(H,41,49)(H,42,50)(H,43,48)(H,44,47)(H,45,51)/t26-,30+,31+,32?,33+,34+/m1/s1. The van der Waals surface area contributed by atoms with Gasteiger partial charge < -0.3 is 36.4 Å². The molecule has 0 fully saturated rings. The van der Waals surface area contributed by atoms with Gasteiger partial charge in [0, 0.05) is 18.2 Å². The van der Waals surface area contributed by atoms with E-state index in [0.717, 1.165) is 19.1 Å². The number of rotatable bonds is 20. The third kappa shape index (κ3) is 17.3. The second kappa shape index (κ2) is 21.0. The zero-order valence-electron chi connectivity index (χ0n) is 34.7. The fourth-order valence-corrected chi connectivity index (χ4v) is 7.21. The van der Waals surface area contributed by atoms with Crippen LogP contribution in [0.1, 0.15) is 106 Å². The number of fused-ring (bicyclic) bond motifs is 1. The molecule has 312 valence electrons. The largest absolute Gasteiger partial charge is 0.444 e. The number of aliphatic hydroxyl groups is 1. The van der Waals surface area contributed by atoms with Crippen LogP contribution in [-0.4, -0.2) is 97.2 Å². The predicted molar refractivity (Wildman–Crippen MR) is 213 cm³/mol. The summed E-state index contributed by atoms with van der Waals surface area (Å²) in [5.74, 6) is -3.57. The molecule has 1 aromatic rings. The van der Waals surface area contributed by atoms with Gasteiger partial charge in [0.15, 0.2) is 0 Å². The van der Waals surface area contributed by atoms with Gasteiger partial charge in [-0.1, -0.05) is 72.7 Å². The highest BCUT2D eigenvalue weighted by Crippen LogP contribution is 2.22. The first-order valence-corrected chi connectivity index (χ1v) is 21.5. The van der Waals surface area contributed by atoms with Crippen LogP contribution in [0.2, 0.25) is 0 Å². The molecule has 0 heterocycles. The highest BCUT2D eigenvalue weighted by molar-refractivity contribution is 7.90. The zero-order valence-corrected chi connectivity index (χ0v) is 35.5. The van der Waals surface area contributed by atoms with E-state index in [1.165, 1.54) is 11.1 Å². The Balaban J connectivity index is 2.17. The number of alkyl carbamates (subject to hydrolysis) is 1. The Morgan fingerprint density at radius 3 is 1.80 bits per heavy atom. The minimum Gasteiger partial charge on any atom is -0.444 e. The van der Waals surface area contributed by atoms with Gasteiger partial charge in [-0.3, -0.25) is 19.2 Å². The summed E-state index contributed by atoms with van der Waals surface area (Å²) in [4.78, 5) is 66.7. The van der Waals surface area contributed by atoms with Crippen molar-refractivity contribution >= 4 is 39.6 Å². The molecule has 14 nitrogen and oxygen atoms in total. The number of sulfone groups is 1. The van der Waals surface area contributed by atoms with E-state index in [0.29, 0.717) is 12.8 Å². The third-order valence-electron chi connectivity index (χ3n) is 9.33. The summed E-state index contributed by atoms with van der Waals surface area (Å²) in [7, 11) is -3.54. The van der Waals surface area contributed by atoms with E-state index in [2.05, 4.69) is 38.7 Å². The van der Waals surface area contributed by atoms with Gasteiger partial charge in [-0.25, -0.2) is 13.2 Å². The van der Waals surface area contributed by atoms with Crippen LogP contribution in [0.25, 0.3) is 0 Å². The van der Waals surface area contributed by atoms with Crippen LogP contribution in [0.3, 0.4) is 0 Å². The van der Waals surface area contributed by atoms with E-state index in [9.17, 15) is 37.5 Å². The van der Waals surface area contributed by atoms with Crippen molar-refractivity contribution in [3.8, 4) is 0 Å². The SMILES string of the molecule is CC(C)CC(NC(=O)[C@H](C)C[C@H](O)[C@H](CC(C)C)NC(=O)[C@H](CCS(C)(=O)=O)NC(=O)[C@@H](NC(=O)OC(C)(C)C)C(C)C)C(=O)NC1Cc2ccccc2C1. The normalized spacial score (nSPS) is 16.7. The first kappa shape index (κ1) is 47.4. The number of carbonyl (C=O) groups is 5. The van der Waals surface area contributed by atoms with Crippen molar-refractivity contribution in [3.63, 3.8) is 0 Å². The molecule has 0 radical (unpaired) electrons. The summed E-state index contributed by atoms with van der Waals surface area (Å²) in [5.41, 5.74) is 1.57. The minimum atomic E-state index is -3.54. The van der Waals surface area contributed by atoms with Gasteiger partial charge in [-0.05, 0) is 88.2 Å². The zero-order chi connectivity index (χ0) is 41.8. The Bertz CT molecular complexity index is 1550. The van der Waals surface area contributed by atoms with E-state index in [-0.39, 0.29) is 36.6 Å². The lowest BCUT2D eigenvalue weighted by Crippen LogP contribution is -2.58. The molecule has 6 atom stereocenters. The van der Waals surface area contributed by atoms with E-state index in [1.807, 2.05) is 39.8 Å². The molecule has 0 saturated heterocycles. The summed E-state index contributed by atoms with van der Waals surface area (Å²) in [6.07, 6.45) is 0.848. The lowest BCUT2D eigenvalue weighted by molar-refractivity contribution is -0.132. The lowest BCUT2D eigenvalue weighted by atomic mass is 9.91. The summed E-state index contributed by atoms with van der Waals surface area (Å²) in [6.45, 7) is 17.8. The Labute approximate surface area is 328 Å². The number of ether oxygens (including phenoxy) is 1. The van der Waals surface area contributed by atoms with E-state index in [4.69, 9.17) is 4.74 Å². The number of hydrogen-bond acceptors (Lipinski definition) is 9. The summed E-state index contributed by atoms with van der Waals surface area (Å²) < 4.78 is 29.5. The van der Waals surface area contributed by atoms with Crippen LogP contribution < -0.4 is 26.6 Å². The van der Waals surface area contributed by atoms with Crippen molar-refractivity contribution in [1.29, 1.82) is 0 Å². The van der Waals surface area contributed by atoms with E-state index in [1.54, 1.807) is 41.5 Å². The fraction of sp³-hybridized carbons (Fsp3) is 0.725. The van der Waals surface area contributed by atoms with Crippen LogP contribution in [0.15, 0.2) is 24.3 Å². The van der Waals surface area contributed by atoms with Gasteiger partial charge in [0.25, 0.3) is 0 Å². The van der Waals surface area contributed by atoms with Gasteiger partial charge in [0.2, 0.25) is 23.6 Å². The molecule has 2 rings (SSSR count).